The molecule has 0 aliphatic carbocycles. The molecule has 0 spiro atoms. The summed E-state index contributed by atoms with van der Waals surface area (Å²) in [6.45, 7) is 0.779. The molecule has 0 saturated carbocycles. The van der Waals surface area contributed by atoms with Crippen molar-refractivity contribution in [3.8, 4) is 5.75 Å². The first kappa shape index (κ1) is 40.2. The lowest BCUT2D eigenvalue weighted by molar-refractivity contribution is -0.119. The maximum atomic E-state index is 14.0. The maximum absolute atomic E-state index is 14.0. The number of hydrogen-bond donors (Lipinski definition) is 3. The number of carboxylic acid groups (broad SMARTS) is 1. The van der Waals surface area contributed by atoms with Gasteiger partial charge in [0.1, 0.15) is 10.8 Å². The van der Waals surface area contributed by atoms with Gasteiger partial charge in [-0.05, 0) is 57.3 Å². The monoisotopic (exact) mass is 854 g/mol. The summed E-state index contributed by atoms with van der Waals surface area (Å²) in [4.78, 5) is 68.6. The number of pyridine rings is 1. The van der Waals surface area contributed by atoms with E-state index in [-0.39, 0.29) is 73.5 Å². The van der Waals surface area contributed by atoms with Crippen LogP contribution in [0.5, 0.6) is 5.75 Å². The number of aromatic nitrogens is 1. The van der Waals surface area contributed by atoms with Gasteiger partial charge in [-0.25, -0.2) is 14.3 Å². The molecule has 0 fully saturated rings. The van der Waals surface area contributed by atoms with Crippen LogP contribution in [0.4, 0.5) is 21.9 Å². The smallest absolute Gasteiger partial charge is 0.465 e. The number of hydrogen-bond acceptors (Lipinski definition) is 8. The highest BCUT2D eigenvalue weighted by molar-refractivity contribution is 8.76. The fraction of sp³-hybridized carbons (Fsp3) is 0.282. The van der Waals surface area contributed by atoms with Crippen LogP contribution >= 0.6 is 52.6 Å². The number of benzene rings is 4. The Hall–Kier alpha value is -4.01. The van der Waals surface area contributed by atoms with Crippen LogP contribution in [-0.4, -0.2) is 74.9 Å². The third-order valence-electron chi connectivity index (χ3n) is 9.95. The van der Waals surface area contributed by atoms with Gasteiger partial charge in [-0.3, -0.25) is 24.3 Å². The van der Waals surface area contributed by atoms with Gasteiger partial charge >= 0.3 is 13.9 Å². The average Bonchev–Trinajstić information content (AvgIpc) is 3.76. The molecule has 3 N–H and O–H groups in total. The molecule has 3 heterocycles. The molecule has 56 heavy (non-hydrogen) atoms. The summed E-state index contributed by atoms with van der Waals surface area (Å²) in [5.41, 5.74) is 3.21. The average molecular weight is 856 g/mol. The lowest BCUT2D eigenvalue weighted by atomic mass is 9.94. The Balaban J connectivity index is 1.10. The summed E-state index contributed by atoms with van der Waals surface area (Å²) < 4.78 is 16.9. The Kier molecular flexibility index (Phi) is 12.4. The molecule has 0 unspecified atom stereocenters. The van der Waals surface area contributed by atoms with Gasteiger partial charge in [0.05, 0.1) is 11.4 Å². The van der Waals surface area contributed by atoms with E-state index in [0.717, 1.165) is 26.9 Å². The van der Waals surface area contributed by atoms with Crippen molar-refractivity contribution in [2.75, 3.05) is 51.8 Å². The Morgan fingerprint density at radius 1 is 0.821 bits per heavy atom. The van der Waals surface area contributed by atoms with Gasteiger partial charge in [0.25, 0.3) is 0 Å². The number of amides is 3. The lowest BCUT2D eigenvalue weighted by Crippen LogP contribution is -2.33. The minimum Gasteiger partial charge on any atom is -0.465 e. The van der Waals surface area contributed by atoms with Crippen LogP contribution in [0.1, 0.15) is 42.2 Å². The fourth-order valence-electron chi connectivity index (χ4n) is 7.60. The number of nitrogens with zero attached hydrogens (tertiary/aromatic N) is 4. The summed E-state index contributed by atoms with van der Waals surface area (Å²) >= 11 is 12.9. The topological polar surface area (TPSA) is 161 Å². The standard InChI is InChI=1S/C39H37Cl2N4O8PS2/c40-20-24-22-44(31-18-30(26-8-1-3-10-28(26)37(24)31)43(39(48)49)16-17-55-56-34-12-5-6-15-42-34)35(46)13-7-14-36(47)45-23-25(21-41)38-29-11-4-2-9-27(29)33(19-32(38)45)53-54(50,51)52/h1-6,8-12,15,18-19,24-25H,7,13-14,16-17,20-23H2,(H,48,49)(H2,50,51,52)/t24-,25-/m1/s1. The second-order valence-corrected chi connectivity index (χ2v) is 17.6. The van der Waals surface area contributed by atoms with Gasteiger partial charge in [0.2, 0.25) is 11.8 Å². The Morgan fingerprint density at radius 3 is 1.93 bits per heavy atom. The van der Waals surface area contributed by atoms with E-state index in [4.69, 9.17) is 27.7 Å². The maximum Gasteiger partial charge on any atom is 0.524 e. The Bertz CT molecular complexity index is 2350. The van der Waals surface area contributed by atoms with E-state index in [2.05, 4.69) is 4.98 Å². The number of phosphoric acid groups is 1. The van der Waals surface area contributed by atoms with Crippen molar-refractivity contribution in [1.82, 2.24) is 4.98 Å². The summed E-state index contributed by atoms with van der Waals surface area (Å²) in [6, 6.07) is 23.4. The van der Waals surface area contributed by atoms with E-state index >= 15 is 0 Å². The molecule has 1 aromatic heterocycles. The molecule has 0 saturated heterocycles. The largest absolute Gasteiger partial charge is 0.524 e. The highest BCUT2D eigenvalue weighted by Gasteiger charge is 2.37. The first-order valence-electron chi connectivity index (χ1n) is 17.8. The summed E-state index contributed by atoms with van der Waals surface area (Å²) in [6.07, 6.45) is 0.869. The number of phosphoric ester groups is 1. The first-order chi connectivity index (χ1) is 27.0. The van der Waals surface area contributed by atoms with Crippen molar-refractivity contribution in [3.05, 3.63) is 96.2 Å². The summed E-state index contributed by atoms with van der Waals surface area (Å²) in [5.74, 6) is -0.00173. The molecule has 2 atom stereocenters. The van der Waals surface area contributed by atoms with Gasteiger partial charge < -0.3 is 19.4 Å². The molecule has 0 bridgehead atoms. The molecule has 17 heteroatoms. The second kappa shape index (κ2) is 17.2. The van der Waals surface area contributed by atoms with Crippen LogP contribution < -0.4 is 19.2 Å². The first-order valence-corrected chi connectivity index (χ1v) is 22.7. The number of halogens is 2. The zero-order valence-corrected chi connectivity index (χ0v) is 33.8. The van der Waals surface area contributed by atoms with Gasteiger partial charge in [-0.15, -0.1) is 23.2 Å². The molecule has 3 amide bonds. The van der Waals surface area contributed by atoms with E-state index in [1.807, 2.05) is 42.5 Å². The Labute approximate surface area is 340 Å². The zero-order valence-electron chi connectivity index (χ0n) is 29.8. The fourth-order valence-corrected chi connectivity index (χ4v) is 10.3. The van der Waals surface area contributed by atoms with E-state index in [9.17, 15) is 33.8 Å². The van der Waals surface area contributed by atoms with Gasteiger partial charge in [-0.2, -0.15) is 0 Å². The molecule has 292 valence electrons. The number of fused-ring (bicyclic) bond motifs is 6. The summed E-state index contributed by atoms with van der Waals surface area (Å²) in [7, 11) is -1.94. The second-order valence-electron chi connectivity index (χ2n) is 13.4. The minimum absolute atomic E-state index is 0.0191. The highest BCUT2D eigenvalue weighted by Crippen LogP contribution is 2.50. The van der Waals surface area contributed by atoms with Crippen LogP contribution in [0, 0.1) is 0 Å². The molecular formula is C39H37Cl2N4O8PS2. The van der Waals surface area contributed by atoms with E-state index in [0.29, 0.717) is 40.1 Å². The third kappa shape index (κ3) is 8.33. The van der Waals surface area contributed by atoms with Crippen LogP contribution in [-0.2, 0) is 14.2 Å². The van der Waals surface area contributed by atoms with Crippen molar-refractivity contribution in [2.24, 2.45) is 0 Å². The van der Waals surface area contributed by atoms with Crippen molar-refractivity contribution < 1.29 is 38.4 Å². The normalized spacial score (nSPS) is 16.3. The molecule has 0 radical (unpaired) electrons. The van der Waals surface area contributed by atoms with E-state index in [1.54, 1.807) is 46.3 Å². The van der Waals surface area contributed by atoms with Crippen molar-refractivity contribution in [1.29, 1.82) is 0 Å². The number of alkyl halides is 2. The van der Waals surface area contributed by atoms with Crippen molar-refractivity contribution in [2.45, 2.75) is 36.1 Å². The quantitative estimate of drug-likeness (QED) is 0.0423. The van der Waals surface area contributed by atoms with Gasteiger partial charge in [-0.1, -0.05) is 65.4 Å². The number of carbonyl (C=O) groups excluding carboxylic acids is 2. The molecule has 12 nitrogen and oxygen atoms in total. The SMILES string of the molecule is O=C(CCCC(=O)N1C[C@@H](CCl)c2c1cc(N(CCSSc1ccccn1)C(=O)O)c1ccccc21)N1C[C@@H](CCl)c2c1cc(OP(=O)(O)O)c1ccccc21. The predicted molar refractivity (Wildman–Crippen MR) is 224 cm³/mol. The zero-order chi connectivity index (χ0) is 39.6. The molecule has 2 aliphatic heterocycles. The van der Waals surface area contributed by atoms with Crippen molar-refractivity contribution in [3.63, 3.8) is 0 Å². The van der Waals surface area contributed by atoms with Crippen LogP contribution in [0.25, 0.3) is 21.5 Å². The van der Waals surface area contributed by atoms with Crippen LogP contribution in [0.15, 0.2) is 90.1 Å². The number of anilines is 3. The van der Waals surface area contributed by atoms with Crippen molar-refractivity contribution >= 4 is 109 Å². The van der Waals surface area contributed by atoms with Gasteiger partial charge in [0, 0.05) is 90.5 Å². The Morgan fingerprint density at radius 2 is 1.38 bits per heavy atom. The molecular weight excluding hydrogens is 818 g/mol. The molecule has 4 aromatic carbocycles. The van der Waals surface area contributed by atoms with Crippen LogP contribution in [0.2, 0.25) is 0 Å². The third-order valence-corrected chi connectivity index (χ3v) is 13.4. The molecule has 2 aliphatic rings. The predicted octanol–water partition coefficient (Wildman–Crippen LogP) is 8.99. The van der Waals surface area contributed by atoms with E-state index < -0.39 is 13.9 Å². The van der Waals surface area contributed by atoms with Crippen LogP contribution in [0.3, 0.4) is 0 Å². The number of rotatable bonds is 14. The molecule has 5 aromatic rings. The van der Waals surface area contributed by atoms with E-state index in [1.165, 1.54) is 32.6 Å². The molecule has 7 rings (SSSR count). The summed E-state index contributed by atoms with van der Waals surface area (Å²) in [5, 5.41) is 14.0. The highest BCUT2D eigenvalue weighted by atomic mass is 35.5. The lowest BCUT2D eigenvalue weighted by Gasteiger charge is -2.25. The number of carbonyl (C=O) groups is 3. The minimum atomic E-state index is -4.91. The van der Waals surface area contributed by atoms with Gasteiger partial charge in [0.15, 0.2) is 0 Å².